The maximum Gasteiger partial charge on any atom is 0.225 e. The van der Waals surface area contributed by atoms with E-state index in [1.54, 1.807) is 7.11 Å². The van der Waals surface area contributed by atoms with Crippen molar-refractivity contribution in [1.29, 1.82) is 0 Å². The van der Waals surface area contributed by atoms with Crippen molar-refractivity contribution in [3.05, 3.63) is 29.8 Å². The van der Waals surface area contributed by atoms with Crippen molar-refractivity contribution >= 4 is 11.8 Å². The van der Waals surface area contributed by atoms with Gasteiger partial charge in [-0.2, -0.15) is 0 Å². The van der Waals surface area contributed by atoms with Crippen LogP contribution in [0.4, 0.5) is 0 Å². The Morgan fingerprint density at radius 1 is 1.47 bits per heavy atom. The number of nitrogens with one attached hydrogen (secondary N) is 2. The number of hydrogen-bond donors (Lipinski definition) is 2. The van der Waals surface area contributed by atoms with Gasteiger partial charge in [-0.3, -0.25) is 9.59 Å². The topological polar surface area (TPSA) is 67.4 Å². The van der Waals surface area contributed by atoms with Gasteiger partial charge in [0.2, 0.25) is 11.8 Å². The number of rotatable bonds is 4. The van der Waals surface area contributed by atoms with Gasteiger partial charge in [-0.1, -0.05) is 18.2 Å². The quantitative estimate of drug-likeness (QED) is 0.845. The monoisotopic (exact) mass is 262 g/mol. The Bertz CT molecular complexity index is 464. The minimum absolute atomic E-state index is 0.0220. The zero-order chi connectivity index (χ0) is 13.7. The molecule has 1 atom stereocenters. The Hall–Kier alpha value is -2.04. The summed E-state index contributed by atoms with van der Waals surface area (Å²) in [5, 5.41) is 5.60. The van der Waals surface area contributed by atoms with Crippen LogP contribution in [0.3, 0.4) is 0 Å². The highest BCUT2D eigenvalue weighted by Crippen LogP contribution is 2.17. The lowest BCUT2D eigenvalue weighted by atomic mass is 9.98. The Morgan fingerprint density at radius 3 is 2.95 bits per heavy atom. The van der Waals surface area contributed by atoms with Crippen molar-refractivity contribution in [1.82, 2.24) is 10.6 Å². The average Bonchev–Trinajstić information content (AvgIpc) is 2.45. The summed E-state index contributed by atoms with van der Waals surface area (Å²) in [6.07, 6.45) is 1.04. The van der Waals surface area contributed by atoms with Gasteiger partial charge in [-0.05, 0) is 12.5 Å². The van der Waals surface area contributed by atoms with E-state index in [9.17, 15) is 9.59 Å². The fraction of sp³-hybridized carbons (Fsp3) is 0.429. The second-order valence-corrected chi connectivity index (χ2v) is 4.57. The van der Waals surface area contributed by atoms with Crippen LogP contribution in [0.5, 0.6) is 5.75 Å². The molecule has 1 aromatic carbocycles. The second-order valence-electron chi connectivity index (χ2n) is 4.57. The summed E-state index contributed by atoms with van der Waals surface area (Å²) in [5.74, 6) is 0.631. The summed E-state index contributed by atoms with van der Waals surface area (Å²) in [7, 11) is 1.61. The van der Waals surface area contributed by atoms with E-state index >= 15 is 0 Å². The molecule has 5 heteroatoms. The first-order chi connectivity index (χ1) is 9.20. The first-order valence-corrected chi connectivity index (χ1v) is 6.37. The average molecular weight is 262 g/mol. The number of hydrogen-bond acceptors (Lipinski definition) is 3. The summed E-state index contributed by atoms with van der Waals surface area (Å²) in [6.45, 7) is 0.865. The molecule has 19 heavy (non-hydrogen) atoms. The van der Waals surface area contributed by atoms with Crippen LogP contribution in [-0.2, 0) is 16.1 Å². The van der Waals surface area contributed by atoms with Gasteiger partial charge in [0.05, 0.1) is 13.0 Å². The molecule has 2 N–H and O–H groups in total. The number of piperidine rings is 1. The molecule has 1 unspecified atom stereocenters. The molecule has 0 aromatic heterocycles. The Kier molecular flexibility index (Phi) is 4.39. The number of ether oxygens (including phenoxy) is 1. The fourth-order valence-electron chi connectivity index (χ4n) is 2.13. The van der Waals surface area contributed by atoms with Crippen molar-refractivity contribution in [3.63, 3.8) is 0 Å². The van der Waals surface area contributed by atoms with Crippen LogP contribution in [0.15, 0.2) is 24.3 Å². The van der Waals surface area contributed by atoms with Gasteiger partial charge in [0.25, 0.3) is 0 Å². The summed E-state index contributed by atoms with van der Waals surface area (Å²) >= 11 is 0. The van der Waals surface area contributed by atoms with Gasteiger partial charge < -0.3 is 15.4 Å². The van der Waals surface area contributed by atoms with Gasteiger partial charge in [-0.25, -0.2) is 0 Å². The van der Waals surface area contributed by atoms with Crippen molar-refractivity contribution < 1.29 is 14.3 Å². The fourth-order valence-corrected chi connectivity index (χ4v) is 2.13. The maximum absolute atomic E-state index is 12.0. The molecule has 1 saturated heterocycles. The van der Waals surface area contributed by atoms with Gasteiger partial charge in [0.15, 0.2) is 0 Å². The van der Waals surface area contributed by atoms with E-state index in [4.69, 9.17) is 4.74 Å². The summed E-state index contributed by atoms with van der Waals surface area (Å²) in [5.41, 5.74) is 0.943. The van der Waals surface area contributed by atoms with Crippen LogP contribution in [0, 0.1) is 5.92 Å². The first kappa shape index (κ1) is 13.4. The summed E-state index contributed by atoms with van der Waals surface area (Å²) in [6, 6.07) is 7.58. The number of methoxy groups -OCH3 is 1. The van der Waals surface area contributed by atoms with Crippen LogP contribution in [0.2, 0.25) is 0 Å². The molecule has 0 aliphatic carbocycles. The minimum Gasteiger partial charge on any atom is -0.496 e. The van der Waals surface area contributed by atoms with Crippen LogP contribution in [0.25, 0.3) is 0 Å². The van der Waals surface area contributed by atoms with Crippen LogP contribution < -0.4 is 15.4 Å². The summed E-state index contributed by atoms with van der Waals surface area (Å²) in [4.78, 5) is 23.0. The molecule has 0 saturated carbocycles. The van der Waals surface area contributed by atoms with Crippen LogP contribution in [-0.4, -0.2) is 25.5 Å². The van der Waals surface area contributed by atoms with Crippen molar-refractivity contribution in [3.8, 4) is 5.75 Å². The molecule has 0 spiro atoms. The predicted octanol–water partition coefficient (Wildman–Crippen LogP) is 0.838. The molecular formula is C14H18N2O3. The van der Waals surface area contributed by atoms with E-state index in [0.29, 0.717) is 25.9 Å². The van der Waals surface area contributed by atoms with Gasteiger partial charge in [0.1, 0.15) is 5.75 Å². The molecule has 2 amide bonds. The third-order valence-corrected chi connectivity index (χ3v) is 3.28. The SMILES string of the molecule is COc1ccccc1CNC(=O)C1CCC(=O)NC1. The Morgan fingerprint density at radius 2 is 2.26 bits per heavy atom. The highest BCUT2D eigenvalue weighted by Gasteiger charge is 2.24. The molecule has 1 aliphatic heterocycles. The third-order valence-electron chi connectivity index (χ3n) is 3.28. The zero-order valence-corrected chi connectivity index (χ0v) is 10.9. The zero-order valence-electron chi connectivity index (χ0n) is 10.9. The maximum atomic E-state index is 12.0. The lowest BCUT2D eigenvalue weighted by Crippen LogP contribution is -2.42. The molecule has 1 aliphatic rings. The number of carbonyl (C=O) groups is 2. The van der Waals surface area contributed by atoms with Crippen LogP contribution in [0.1, 0.15) is 18.4 Å². The molecule has 1 fully saturated rings. The number of amides is 2. The second kappa shape index (κ2) is 6.22. The predicted molar refractivity (Wildman–Crippen MR) is 70.6 cm³/mol. The molecule has 102 valence electrons. The Labute approximate surface area is 112 Å². The molecule has 5 nitrogen and oxygen atoms in total. The molecule has 1 aromatic rings. The van der Waals surface area contributed by atoms with E-state index in [0.717, 1.165) is 11.3 Å². The lowest BCUT2D eigenvalue weighted by Gasteiger charge is -2.21. The Balaban J connectivity index is 1.88. The van der Waals surface area contributed by atoms with E-state index in [2.05, 4.69) is 10.6 Å². The molecule has 1 heterocycles. The van der Waals surface area contributed by atoms with E-state index in [1.165, 1.54) is 0 Å². The highest BCUT2D eigenvalue weighted by molar-refractivity contribution is 5.83. The largest absolute Gasteiger partial charge is 0.496 e. The van der Waals surface area contributed by atoms with E-state index in [-0.39, 0.29) is 17.7 Å². The van der Waals surface area contributed by atoms with Crippen molar-refractivity contribution in [2.24, 2.45) is 5.92 Å². The number of benzene rings is 1. The lowest BCUT2D eigenvalue weighted by molar-refractivity contribution is -0.129. The van der Waals surface area contributed by atoms with E-state index in [1.807, 2.05) is 24.3 Å². The molecule has 0 radical (unpaired) electrons. The van der Waals surface area contributed by atoms with Gasteiger partial charge >= 0.3 is 0 Å². The minimum atomic E-state index is -0.132. The first-order valence-electron chi connectivity index (χ1n) is 6.37. The van der Waals surface area contributed by atoms with Crippen LogP contribution >= 0.6 is 0 Å². The molecule has 0 bridgehead atoms. The standard InChI is InChI=1S/C14H18N2O3/c1-19-12-5-3-2-4-10(12)8-16-14(18)11-6-7-13(17)15-9-11/h2-5,11H,6-9H2,1H3,(H,15,17)(H,16,18). The van der Waals surface area contributed by atoms with Crippen molar-refractivity contribution in [2.75, 3.05) is 13.7 Å². The normalized spacial score (nSPS) is 18.6. The van der Waals surface area contributed by atoms with Gasteiger partial charge in [-0.15, -0.1) is 0 Å². The van der Waals surface area contributed by atoms with E-state index < -0.39 is 0 Å². The third kappa shape index (κ3) is 3.47. The number of carbonyl (C=O) groups excluding carboxylic acids is 2. The molecule has 2 rings (SSSR count). The van der Waals surface area contributed by atoms with Gasteiger partial charge in [0, 0.05) is 25.1 Å². The smallest absolute Gasteiger partial charge is 0.225 e. The number of para-hydroxylation sites is 1. The van der Waals surface area contributed by atoms with Crippen molar-refractivity contribution in [2.45, 2.75) is 19.4 Å². The summed E-state index contributed by atoms with van der Waals surface area (Å²) < 4.78 is 5.23. The molecular weight excluding hydrogens is 244 g/mol. The highest BCUT2D eigenvalue weighted by atomic mass is 16.5.